The first-order chi connectivity index (χ1) is 9.31. The van der Waals surface area contributed by atoms with E-state index in [-0.39, 0.29) is 12.0 Å². The fourth-order valence-corrected chi connectivity index (χ4v) is 3.94. The maximum Gasteiger partial charge on any atom is 0.185 e. The molecule has 1 aromatic rings. The standard InChI is InChI=1S/C15H27N3OS/c1-15(2,3)13-12(10-19)20-14(16-13)18(5)9-11-6-7-17(4)8-11/h11,19H,6-10H2,1-5H3. The lowest BCUT2D eigenvalue weighted by Crippen LogP contribution is -2.27. The molecule has 0 bridgehead atoms. The molecule has 4 nitrogen and oxygen atoms in total. The van der Waals surface area contributed by atoms with Gasteiger partial charge in [0.2, 0.25) is 0 Å². The summed E-state index contributed by atoms with van der Waals surface area (Å²) >= 11 is 1.63. The van der Waals surface area contributed by atoms with Gasteiger partial charge in [0.1, 0.15) is 0 Å². The largest absolute Gasteiger partial charge is 0.391 e. The van der Waals surface area contributed by atoms with E-state index >= 15 is 0 Å². The van der Waals surface area contributed by atoms with Gasteiger partial charge in [-0.3, -0.25) is 0 Å². The third-order valence-corrected chi connectivity index (χ3v) is 5.04. The maximum absolute atomic E-state index is 9.54. The van der Waals surface area contributed by atoms with Crippen molar-refractivity contribution in [2.75, 3.05) is 38.6 Å². The first-order valence-corrected chi connectivity index (χ1v) is 8.13. The molecule has 0 spiro atoms. The van der Waals surface area contributed by atoms with Gasteiger partial charge in [-0.15, -0.1) is 0 Å². The van der Waals surface area contributed by atoms with Gasteiger partial charge in [-0.05, 0) is 25.9 Å². The van der Waals surface area contributed by atoms with Gasteiger partial charge in [0.15, 0.2) is 5.13 Å². The Kier molecular flexibility index (Phi) is 4.72. The molecule has 0 aliphatic carbocycles. The zero-order valence-corrected chi connectivity index (χ0v) is 14.1. The number of likely N-dealkylation sites (tertiary alicyclic amines) is 1. The van der Waals surface area contributed by atoms with Gasteiger partial charge in [0.25, 0.3) is 0 Å². The molecule has 1 unspecified atom stereocenters. The monoisotopic (exact) mass is 297 g/mol. The zero-order valence-electron chi connectivity index (χ0n) is 13.3. The van der Waals surface area contributed by atoms with E-state index in [1.54, 1.807) is 11.3 Å². The topological polar surface area (TPSA) is 39.6 Å². The summed E-state index contributed by atoms with van der Waals surface area (Å²) in [5.41, 5.74) is 1.02. The van der Waals surface area contributed by atoms with Gasteiger partial charge in [-0.25, -0.2) is 4.98 Å². The molecule has 0 saturated carbocycles. The van der Waals surface area contributed by atoms with Crippen molar-refractivity contribution in [1.29, 1.82) is 0 Å². The molecule has 1 aliphatic rings. The second-order valence-electron chi connectivity index (χ2n) is 6.97. The molecule has 1 fully saturated rings. The molecule has 1 N–H and O–H groups in total. The second-order valence-corrected chi connectivity index (χ2v) is 8.04. The smallest absolute Gasteiger partial charge is 0.185 e. The molecule has 2 rings (SSSR count). The Bertz CT molecular complexity index is 452. The van der Waals surface area contributed by atoms with E-state index in [0.29, 0.717) is 0 Å². The van der Waals surface area contributed by atoms with Crippen LogP contribution in [0.15, 0.2) is 0 Å². The molecule has 0 amide bonds. The van der Waals surface area contributed by atoms with Crippen molar-refractivity contribution in [3.05, 3.63) is 10.6 Å². The number of aliphatic hydroxyl groups excluding tert-OH is 1. The Morgan fingerprint density at radius 3 is 2.60 bits per heavy atom. The molecule has 1 aliphatic heterocycles. The fraction of sp³-hybridized carbons (Fsp3) is 0.800. The van der Waals surface area contributed by atoms with Crippen molar-refractivity contribution in [3.8, 4) is 0 Å². The van der Waals surface area contributed by atoms with Crippen LogP contribution in [0.4, 0.5) is 5.13 Å². The molecular weight excluding hydrogens is 270 g/mol. The molecular formula is C15H27N3OS. The molecule has 5 heteroatoms. The highest BCUT2D eigenvalue weighted by molar-refractivity contribution is 7.15. The summed E-state index contributed by atoms with van der Waals surface area (Å²) < 4.78 is 0. The van der Waals surface area contributed by atoms with Gasteiger partial charge in [-0.1, -0.05) is 32.1 Å². The van der Waals surface area contributed by atoms with Crippen LogP contribution in [-0.2, 0) is 12.0 Å². The van der Waals surface area contributed by atoms with Crippen molar-refractivity contribution >= 4 is 16.5 Å². The summed E-state index contributed by atoms with van der Waals surface area (Å²) in [7, 11) is 4.30. The maximum atomic E-state index is 9.54. The van der Waals surface area contributed by atoms with Gasteiger partial charge < -0.3 is 14.9 Å². The lowest BCUT2D eigenvalue weighted by molar-refractivity contribution is 0.282. The highest BCUT2D eigenvalue weighted by Gasteiger charge is 2.26. The molecule has 2 heterocycles. The fourth-order valence-electron chi connectivity index (χ4n) is 2.84. The molecule has 1 saturated heterocycles. The van der Waals surface area contributed by atoms with E-state index in [4.69, 9.17) is 4.98 Å². The predicted molar refractivity (Wildman–Crippen MR) is 85.6 cm³/mol. The average molecular weight is 297 g/mol. The molecule has 20 heavy (non-hydrogen) atoms. The van der Waals surface area contributed by atoms with Crippen LogP contribution in [0.3, 0.4) is 0 Å². The number of nitrogens with zero attached hydrogens (tertiary/aromatic N) is 3. The van der Waals surface area contributed by atoms with E-state index in [9.17, 15) is 5.11 Å². The first-order valence-electron chi connectivity index (χ1n) is 7.32. The van der Waals surface area contributed by atoms with Crippen molar-refractivity contribution in [1.82, 2.24) is 9.88 Å². The Hall–Kier alpha value is -0.650. The SMILES string of the molecule is CN1CCC(CN(C)c2nc(C(C)(C)C)c(CO)s2)C1. The van der Waals surface area contributed by atoms with Crippen molar-refractivity contribution < 1.29 is 5.11 Å². The summed E-state index contributed by atoms with van der Waals surface area (Å²) in [6.07, 6.45) is 1.27. The van der Waals surface area contributed by atoms with Crippen LogP contribution in [0.25, 0.3) is 0 Å². The summed E-state index contributed by atoms with van der Waals surface area (Å²) in [5.74, 6) is 0.726. The minimum Gasteiger partial charge on any atom is -0.391 e. The molecule has 1 aromatic heterocycles. The number of aromatic nitrogens is 1. The number of aliphatic hydroxyl groups is 1. The molecule has 0 radical (unpaired) electrons. The Morgan fingerprint density at radius 1 is 1.45 bits per heavy atom. The van der Waals surface area contributed by atoms with Gasteiger partial charge >= 0.3 is 0 Å². The highest BCUT2D eigenvalue weighted by Crippen LogP contribution is 2.34. The number of hydrogen-bond acceptors (Lipinski definition) is 5. The van der Waals surface area contributed by atoms with Crippen molar-refractivity contribution in [2.24, 2.45) is 5.92 Å². The zero-order chi connectivity index (χ0) is 14.9. The Labute approximate surface area is 126 Å². The van der Waals surface area contributed by atoms with Crippen LogP contribution >= 0.6 is 11.3 Å². The van der Waals surface area contributed by atoms with Gasteiger partial charge in [0.05, 0.1) is 17.2 Å². The van der Waals surface area contributed by atoms with Crippen molar-refractivity contribution in [3.63, 3.8) is 0 Å². The van der Waals surface area contributed by atoms with E-state index in [0.717, 1.165) is 28.2 Å². The van der Waals surface area contributed by atoms with Crippen LogP contribution in [0.2, 0.25) is 0 Å². The summed E-state index contributed by atoms with van der Waals surface area (Å²) in [4.78, 5) is 10.4. The number of rotatable bonds is 4. The van der Waals surface area contributed by atoms with E-state index in [2.05, 4.69) is 44.7 Å². The Morgan fingerprint density at radius 2 is 2.15 bits per heavy atom. The van der Waals surface area contributed by atoms with Crippen LogP contribution in [0, 0.1) is 5.92 Å². The van der Waals surface area contributed by atoms with E-state index in [1.165, 1.54) is 19.5 Å². The lowest BCUT2D eigenvalue weighted by Gasteiger charge is -2.21. The highest BCUT2D eigenvalue weighted by atomic mass is 32.1. The summed E-state index contributed by atoms with van der Waals surface area (Å²) in [5, 5.41) is 10.6. The molecule has 114 valence electrons. The average Bonchev–Trinajstić information content (AvgIpc) is 2.94. The third-order valence-electron chi connectivity index (χ3n) is 3.89. The Balaban J connectivity index is 2.10. The number of hydrogen-bond donors (Lipinski definition) is 1. The van der Waals surface area contributed by atoms with Gasteiger partial charge in [0, 0.05) is 25.6 Å². The number of thiazole rings is 1. The summed E-state index contributed by atoms with van der Waals surface area (Å²) in [6, 6.07) is 0. The first kappa shape index (κ1) is 15.7. The van der Waals surface area contributed by atoms with Crippen LogP contribution < -0.4 is 4.90 Å². The quantitative estimate of drug-likeness (QED) is 0.926. The van der Waals surface area contributed by atoms with Crippen LogP contribution in [0.1, 0.15) is 37.8 Å². The minimum absolute atomic E-state index is 0.0127. The predicted octanol–water partition coefficient (Wildman–Crippen LogP) is 2.32. The van der Waals surface area contributed by atoms with Gasteiger partial charge in [-0.2, -0.15) is 0 Å². The number of anilines is 1. The van der Waals surface area contributed by atoms with Crippen LogP contribution in [-0.4, -0.2) is 48.7 Å². The van der Waals surface area contributed by atoms with E-state index < -0.39 is 0 Å². The normalized spacial score (nSPS) is 20.6. The lowest BCUT2D eigenvalue weighted by atomic mass is 9.91. The minimum atomic E-state index is -0.0127. The van der Waals surface area contributed by atoms with Crippen molar-refractivity contribution in [2.45, 2.75) is 39.2 Å². The molecule has 1 atom stereocenters. The molecule has 0 aromatic carbocycles. The second kappa shape index (κ2) is 6.00. The third kappa shape index (κ3) is 3.51. The summed E-state index contributed by atoms with van der Waals surface area (Å²) in [6.45, 7) is 9.96. The van der Waals surface area contributed by atoms with E-state index in [1.807, 2.05) is 0 Å². The van der Waals surface area contributed by atoms with Crippen LogP contribution in [0.5, 0.6) is 0 Å².